The molecule has 57 heavy (non-hydrogen) atoms. The van der Waals surface area contributed by atoms with E-state index in [4.69, 9.17) is 9.97 Å². The molecule has 3 aromatic heterocycles. The average molecular weight is 774 g/mol. The highest BCUT2D eigenvalue weighted by Crippen LogP contribution is 2.36. The van der Waals surface area contributed by atoms with Crippen molar-refractivity contribution in [1.29, 1.82) is 0 Å². The summed E-state index contributed by atoms with van der Waals surface area (Å²) in [5, 5.41) is 6.37. The fraction of sp³-hybridized carbons (Fsp3) is 0.463. The van der Waals surface area contributed by atoms with Crippen molar-refractivity contribution in [1.82, 2.24) is 39.5 Å². The minimum atomic E-state index is -0.971. The first kappa shape index (κ1) is 36.7. The Morgan fingerprint density at radius 3 is 2.19 bits per heavy atom. The molecule has 296 valence electrons. The fourth-order valence-corrected chi connectivity index (χ4v) is 9.25. The Bertz CT molecular complexity index is 2250. The third kappa shape index (κ3) is 6.85. The number of rotatable bonds is 8. The maximum Gasteiger partial charge on any atom is 0.270 e. The number of benzene rings is 1. The number of hydrogen-bond donors (Lipinski definition) is 2. The lowest BCUT2D eigenvalue weighted by Crippen LogP contribution is -2.54. The summed E-state index contributed by atoms with van der Waals surface area (Å²) in [5.74, 6) is -0.899. The number of amides is 5. The third-order valence-corrected chi connectivity index (χ3v) is 12.3. The van der Waals surface area contributed by atoms with Crippen molar-refractivity contribution >= 4 is 63.7 Å². The van der Waals surface area contributed by atoms with Crippen LogP contribution < -0.4 is 20.4 Å². The smallest absolute Gasteiger partial charge is 0.270 e. The highest BCUT2D eigenvalue weighted by Gasteiger charge is 2.45. The summed E-state index contributed by atoms with van der Waals surface area (Å²) >= 11 is 0. The SMILES string of the molecule is CN(C)C(=O)c1cc2cnc(Nc3ccc(N4CCN(C5CCN(c6ccc7c(c6)C(=O)N(C6CCC(=O)NC6=O)C7=O)CC5)CC4)cn3)nc2n1C1CCCC1. The first-order valence-corrected chi connectivity index (χ1v) is 20.0. The molecule has 3 saturated heterocycles. The van der Waals surface area contributed by atoms with Gasteiger partial charge in [0.05, 0.1) is 23.0 Å². The largest absolute Gasteiger partial charge is 0.371 e. The van der Waals surface area contributed by atoms with Crippen LogP contribution in [0.2, 0.25) is 0 Å². The Morgan fingerprint density at radius 1 is 0.772 bits per heavy atom. The van der Waals surface area contributed by atoms with E-state index < -0.39 is 23.8 Å². The number of carbonyl (C=O) groups excluding carboxylic acids is 5. The van der Waals surface area contributed by atoms with Gasteiger partial charge >= 0.3 is 0 Å². The molecule has 2 N–H and O–H groups in total. The number of pyridine rings is 1. The van der Waals surface area contributed by atoms with Crippen LogP contribution in [0.15, 0.2) is 48.8 Å². The van der Waals surface area contributed by atoms with Gasteiger partial charge in [-0.2, -0.15) is 4.98 Å². The highest BCUT2D eigenvalue weighted by atomic mass is 16.2. The molecular formula is C41H47N11O5. The lowest BCUT2D eigenvalue weighted by molar-refractivity contribution is -0.136. The van der Waals surface area contributed by atoms with E-state index in [9.17, 15) is 24.0 Å². The molecule has 1 unspecified atom stereocenters. The molecule has 0 bridgehead atoms. The second kappa shape index (κ2) is 14.9. The van der Waals surface area contributed by atoms with Crippen molar-refractivity contribution in [2.45, 2.75) is 69.5 Å². The standard InChI is InChI=1S/C41H47N11O5/c1-47(2)40(57)33-21-25-23-43-41(46-36(25)51(33)27-5-3-4-6-27)44-34-11-8-29(24-42-34)50-19-17-49(18-20-50)26-13-15-48(16-14-26)28-7-9-30-31(22-28)39(56)52(38(30)55)32-10-12-35(53)45-37(32)54/h7-9,11,21-24,26-27,32H,3-6,10,12-20H2,1-2H3,(H,45,53,54)(H,42,43,44,46). The van der Waals surface area contributed by atoms with Gasteiger partial charge in [0, 0.05) is 89.1 Å². The van der Waals surface area contributed by atoms with Crippen LogP contribution in [0.1, 0.15) is 88.6 Å². The Labute approximate surface area is 330 Å². The van der Waals surface area contributed by atoms with Crippen molar-refractivity contribution in [3.05, 3.63) is 65.6 Å². The third-order valence-electron chi connectivity index (χ3n) is 12.3. The van der Waals surface area contributed by atoms with Gasteiger partial charge in [-0.05, 0) is 68.5 Å². The Hall–Kier alpha value is -5.90. The molecule has 5 amide bonds. The van der Waals surface area contributed by atoms with Gasteiger partial charge in [-0.1, -0.05) is 12.8 Å². The number of carbonyl (C=O) groups is 5. The van der Waals surface area contributed by atoms with Crippen LogP contribution in [0.25, 0.3) is 11.0 Å². The molecule has 0 radical (unpaired) electrons. The zero-order valence-electron chi connectivity index (χ0n) is 32.3. The molecule has 16 nitrogen and oxygen atoms in total. The molecule has 4 fully saturated rings. The lowest BCUT2D eigenvalue weighted by atomic mass is 10.0. The van der Waals surface area contributed by atoms with Gasteiger partial charge in [0.15, 0.2) is 0 Å². The maximum atomic E-state index is 13.4. The normalized spacial score (nSPS) is 21.1. The number of nitrogens with one attached hydrogen (secondary N) is 2. The predicted molar refractivity (Wildman–Crippen MR) is 213 cm³/mol. The van der Waals surface area contributed by atoms with Crippen LogP contribution in [-0.2, 0) is 9.59 Å². The van der Waals surface area contributed by atoms with Crippen molar-refractivity contribution in [2.24, 2.45) is 0 Å². The summed E-state index contributed by atoms with van der Waals surface area (Å²) in [6.45, 7) is 5.35. The van der Waals surface area contributed by atoms with Gasteiger partial charge in [-0.15, -0.1) is 0 Å². The number of piperazine rings is 1. The molecule has 1 aliphatic carbocycles. The summed E-state index contributed by atoms with van der Waals surface area (Å²) in [5.41, 5.74) is 3.99. The van der Waals surface area contributed by atoms with Crippen molar-refractivity contribution in [3.63, 3.8) is 0 Å². The van der Waals surface area contributed by atoms with Crippen LogP contribution in [0, 0.1) is 0 Å². The molecule has 1 saturated carbocycles. The summed E-state index contributed by atoms with van der Waals surface area (Å²) in [6.07, 6.45) is 10.2. The Balaban J connectivity index is 0.785. The lowest BCUT2D eigenvalue weighted by Gasteiger charge is -2.43. The number of fused-ring (bicyclic) bond motifs is 2. The summed E-state index contributed by atoms with van der Waals surface area (Å²) < 4.78 is 2.11. The quantitative estimate of drug-likeness (QED) is 0.250. The zero-order chi connectivity index (χ0) is 39.4. The number of anilines is 4. The van der Waals surface area contributed by atoms with Gasteiger partial charge in [-0.25, -0.2) is 9.97 Å². The average Bonchev–Trinajstić information content (AvgIpc) is 3.95. The molecule has 4 aromatic rings. The summed E-state index contributed by atoms with van der Waals surface area (Å²) in [4.78, 5) is 87.6. The Kier molecular flexibility index (Phi) is 9.59. The molecule has 16 heteroatoms. The van der Waals surface area contributed by atoms with Crippen LogP contribution >= 0.6 is 0 Å². The van der Waals surface area contributed by atoms with Gasteiger partial charge < -0.3 is 24.6 Å². The number of imide groups is 2. The van der Waals surface area contributed by atoms with E-state index in [2.05, 4.69) is 41.0 Å². The van der Waals surface area contributed by atoms with Crippen molar-refractivity contribution in [2.75, 3.05) is 68.5 Å². The van der Waals surface area contributed by atoms with E-state index in [-0.39, 0.29) is 30.7 Å². The zero-order valence-corrected chi connectivity index (χ0v) is 32.3. The van der Waals surface area contributed by atoms with Crippen LogP contribution in [-0.4, -0.2) is 129 Å². The molecule has 1 atom stereocenters. The van der Waals surface area contributed by atoms with Crippen LogP contribution in [0.4, 0.5) is 23.1 Å². The number of nitrogens with zero attached hydrogens (tertiary/aromatic N) is 9. The molecular weight excluding hydrogens is 727 g/mol. The van der Waals surface area contributed by atoms with Crippen LogP contribution in [0.3, 0.4) is 0 Å². The van der Waals surface area contributed by atoms with Gasteiger partial charge in [0.25, 0.3) is 17.7 Å². The molecule has 1 aromatic carbocycles. The number of aromatic nitrogens is 4. The molecule has 5 aliphatic rings. The minimum Gasteiger partial charge on any atom is -0.371 e. The first-order valence-electron chi connectivity index (χ1n) is 20.0. The van der Waals surface area contributed by atoms with E-state index in [1.54, 1.807) is 37.3 Å². The fourth-order valence-electron chi connectivity index (χ4n) is 9.25. The summed E-state index contributed by atoms with van der Waals surface area (Å²) in [6, 6.07) is 11.0. The second-order valence-corrected chi connectivity index (χ2v) is 16.0. The molecule has 0 spiro atoms. The van der Waals surface area contributed by atoms with Crippen LogP contribution in [0.5, 0.6) is 0 Å². The topological polar surface area (TPSA) is 169 Å². The summed E-state index contributed by atoms with van der Waals surface area (Å²) in [7, 11) is 3.55. The monoisotopic (exact) mass is 773 g/mol. The second-order valence-electron chi connectivity index (χ2n) is 16.0. The minimum absolute atomic E-state index is 0.0346. The van der Waals surface area contributed by atoms with E-state index in [1.807, 2.05) is 24.4 Å². The Morgan fingerprint density at radius 2 is 1.49 bits per heavy atom. The van der Waals surface area contributed by atoms with E-state index in [0.717, 1.165) is 105 Å². The van der Waals surface area contributed by atoms with E-state index >= 15 is 0 Å². The van der Waals surface area contributed by atoms with Crippen molar-refractivity contribution in [3.8, 4) is 0 Å². The molecule has 4 aliphatic heterocycles. The van der Waals surface area contributed by atoms with E-state index in [1.165, 1.54) is 0 Å². The van der Waals surface area contributed by atoms with Crippen molar-refractivity contribution < 1.29 is 24.0 Å². The van der Waals surface area contributed by atoms with Gasteiger partial charge in [0.1, 0.15) is 23.2 Å². The predicted octanol–water partition coefficient (Wildman–Crippen LogP) is 3.58. The highest BCUT2D eigenvalue weighted by molar-refractivity contribution is 6.23. The number of piperidine rings is 2. The van der Waals surface area contributed by atoms with Gasteiger partial charge in [-0.3, -0.25) is 39.1 Å². The molecule has 7 heterocycles. The van der Waals surface area contributed by atoms with E-state index in [0.29, 0.717) is 34.6 Å². The molecule has 9 rings (SSSR count). The number of hydrogen-bond acceptors (Lipinski definition) is 12. The van der Waals surface area contributed by atoms with Gasteiger partial charge in [0.2, 0.25) is 17.8 Å². The maximum absolute atomic E-state index is 13.4. The first-order chi connectivity index (χ1) is 27.6.